The van der Waals surface area contributed by atoms with Crippen LogP contribution in [0.1, 0.15) is 38.2 Å². The van der Waals surface area contributed by atoms with Crippen molar-refractivity contribution < 1.29 is 0 Å². The lowest BCUT2D eigenvalue weighted by atomic mass is 9.96. The molecule has 0 radical (unpaired) electrons. The highest BCUT2D eigenvalue weighted by atomic mass is 15.3. The first-order valence-electron chi connectivity index (χ1n) is 9.77. The average molecular weight is 338 g/mol. The lowest BCUT2D eigenvalue weighted by Crippen LogP contribution is -2.46. The van der Waals surface area contributed by atoms with Gasteiger partial charge >= 0.3 is 0 Å². The summed E-state index contributed by atoms with van der Waals surface area (Å²) in [6.07, 6.45) is 11.6. The van der Waals surface area contributed by atoms with Crippen LogP contribution in [0.25, 0.3) is 6.08 Å². The van der Waals surface area contributed by atoms with Crippen LogP contribution in [0.3, 0.4) is 0 Å². The van der Waals surface area contributed by atoms with E-state index in [9.17, 15) is 0 Å². The van der Waals surface area contributed by atoms with Crippen molar-refractivity contribution in [3.05, 3.63) is 53.6 Å². The fourth-order valence-electron chi connectivity index (χ4n) is 3.43. The Labute approximate surface area is 152 Å². The molecule has 1 aliphatic carbocycles. The van der Waals surface area contributed by atoms with Gasteiger partial charge < -0.3 is 4.90 Å². The molecule has 1 heterocycles. The molecule has 1 fully saturated rings. The normalized spacial score (nSPS) is 22.8. The topological polar surface area (TPSA) is 18.8 Å². The number of piperazine rings is 1. The van der Waals surface area contributed by atoms with Gasteiger partial charge in [0.15, 0.2) is 0 Å². The van der Waals surface area contributed by atoms with Gasteiger partial charge in [0.25, 0.3) is 0 Å². The number of aliphatic imine (C=N–C) groups is 1. The zero-order valence-corrected chi connectivity index (χ0v) is 15.5. The number of unbranched alkanes of at least 4 members (excludes halogenated alkanes) is 1. The minimum Gasteiger partial charge on any atom is -0.301 e. The van der Waals surface area contributed by atoms with Crippen LogP contribution in [0.2, 0.25) is 0 Å². The Kier molecular flexibility index (Phi) is 7.01. The summed E-state index contributed by atoms with van der Waals surface area (Å²) in [6.45, 7) is 9.01. The Hall–Kier alpha value is -1.71. The lowest BCUT2D eigenvalue weighted by molar-refractivity contribution is 0.134. The molecule has 1 aromatic carbocycles. The Bertz CT molecular complexity index is 607. The van der Waals surface area contributed by atoms with Crippen LogP contribution in [0.15, 0.2) is 53.0 Å². The number of hydrogen-bond acceptors (Lipinski definition) is 3. The molecule has 2 aliphatic rings. The Balaban J connectivity index is 1.57. The number of rotatable bonds is 6. The van der Waals surface area contributed by atoms with Gasteiger partial charge in [0.2, 0.25) is 0 Å². The predicted molar refractivity (Wildman–Crippen MR) is 108 cm³/mol. The van der Waals surface area contributed by atoms with Gasteiger partial charge in [-0.2, -0.15) is 0 Å². The molecule has 25 heavy (non-hydrogen) atoms. The van der Waals surface area contributed by atoms with E-state index in [-0.39, 0.29) is 0 Å². The van der Waals surface area contributed by atoms with Gasteiger partial charge in [-0.25, -0.2) is 0 Å². The van der Waals surface area contributed by atoms with Crippen molar-refractivity contribution in [1.29, 1.82) is 0 Å². The molecule has 0 atom stereocenters. The first kappa shape index (κ1) is 18.1. The van der Waals surface area contributed by atoms with Gasteiger partial charge in [0.1, 0.15) is 0 Å². The minimum atomic E-state index is 0.827. The van der Waals surface area contributed by atoms with Crippen molar-refractivity contribution in [2.24, 2.45) is 4.99 Å². The Morgan fingerprint density at radius 3 is 2.56 bits per heavy atom. The van der Waals surface area contributed by atoms with E-state index in [1.54, 1.807) is 0 Å². The lowest BCUT2D eigenvalue weighted by Gasteiger charge is -2.33. The van der Waals surface area contributed by atoms with Gasteiger partial charge in [-0.15, -0.1) is 0 Å². The molecule has 1 saturated heterocycles. The van der Waals surface area contributed by atoms with E-state index >= 15 is 0 Å². The van der Waals surface area contributed by atoms with Crippen molar-refractivity contribution in [2.75, 3.05) is 39.4 Å². The summed E-state index contributed by atoms with van der Waals surface area (Å²) in [5, 5.41) is 0. The number of allylic oxidation sites excluding steroid dienone is 3. The van der Waals surface area contributed by atoms with E-state index < -0.39 is 0 Å². The van der Waals surface area contributed by atoms with Gasteiger partial charge in [-0.1, -0.05) is 49.8 Å². The summed E-state index contributed by atoms with van der Waals surface area (Å²) >= 11 is 0. The molecule has 0 aromatic heterocycles. The first-order chi connectivity index (χ1) is 12.3. The maximum absolute atomic E-state index is 4.94. The van der Waals surface area contributed by atoms with Crippen LogP contribution in [0.4, 0.5) is 0 Å². The Morgan fingerprint density at radius 2 is 1.80 bits per heavy atom. The molecule has 0 unspecified atom stereocenters. The largest absolute Gasteiger partial charge is 0.301 e. The molecule has 0 amide bonds. The fraction of sp³-hybridized carbons (Fsp3) is 0.500. The van der Waals surface area contributed by atoms with Crippen molar-refractivity contribution >= 4 is 11.8 Å². The summed E-state index contributed by atoms with van der Waals surface area (Å²) in [6, 6.07) is 10.6. The highest BCUT2D eigenvalue weighted by molar-refractivity contribution is 6.11. The molecule has 0 saturated carbocycles. The van der Waals surface area contributed by atoms with Crippen LogP contribution < -0.4 is 0 Å². The smallest absolute Gasteiger partial charge is 0.0917 e. The molecule has 3 rings (SSSR count). The summed E-state index contributed by atoms with van der Waals surface area (Å²) < 4.78 is 0. The van der Waals surface area contributed by atoms with E-state index in [2.05, 4.69) is 65.3 Å². The molecule has 1 aliphatic heterocycles. The Morgan fingerprint density at radius 1 is 1.04 bits per heavy atom. The van der Waals surface area contributed by atoms with Crippen molar-refractivity contribution in [3.8, 4) is 0 Å². The average Bonchev–Trinajstić information content (AvgIpc) is 2.67. The van der Waals surface area contributed by atoms with Gasteiger partial charge in [0, 0.05) is 26.2 Å². The third-order valence-corrected chi connectivity index (χ3v) is 5.06. The highest BCUT2D eigenvalue weighted by Crippen LogP contribution is 2.19. The van der Waals surface area contributed by atoms with E-state index in [1.165, 1.54) is 49.3 Å². The monoisotopic (exact) mass is 337 g/mol. The quantitative estimate of drug-likeness (QED) is 0.773. The maximum atomic E-state index is 4.94. The summed E-state index contributed by atoms with van der Waals surface area (Å²) in [7, 11) is 0. The zero-order valence-electron chi connectivity index (χ0n) is 15.5. The second kappa shape index (κ2) is 9.69. The fourth-order valence-corrected chi connectivity index (χ4v) is 3.43. The minimum absolute atomic E-state index is 0.827. The molecular weight excluding hydrogens is 306 g/mol. The molecule has 0 bridgehead atoms. The van der Waals surface area contributed by atoms with E-state index in [0.29, 0.717) is 0 Å². The van der Waals surface area contributed by atoms with Gasteiger partial charge in [-0.3, -0.25) is 9.89 Å². The second-order valence-electron chi connectivity index (χ2n) is 7.02. The number of hydrogen-bond donors (Lipinski definition) is 0. The SMILES string of the molecule is CCCCN1CCN(CN=C2C=CCCC2=Cc2ccccc2)CC1. The van der Waals surface area contributed by atoms with Crippen molar-refractivity contribution in [3.63, 3.8) is 0 Å². The molecule has 3 heteroatoms. The van der Waals surface area contributed by atoms with Crippen LogP contribution in [0.5, 0.6) is 0 Å². The molecule has 0 spiro atoms. The summed E-state index contributed by atoms with van der Waals surface area (Å²) in [5.74, 6) is 0. The van der Waals surface area contributed by atoms with Crippen molar-refractivity contribution in [2.45, 2.75) is 32.6 Å². The molecule has 3 nitrogen and oxygen atoms in total. The van der Waals surface area contributed by atoms with Crippen LogP contribution >= 0.6 is 0 Å². The molecule has 134 valence electrons. The highest BCUT2D eigenvalue weighted by Gasteiger charge is 2.16. The third-order valence-electron chi connectivity index (χ3n) is 5.06. The molecule has 0 N–H and O–H groups in total. The van der Waals surface area contributed by atoms with Crippen LogP contribution in [0, 0.1) is 0 Å². The number of nitrogens with zero attached hydrogens (tertiary/aromatic N) is 3. The second-order valence-corrected chi connectivity index (χ2v) is 7.02. The molecular formula is C22H31N3. The predicted octanol–water partition coefficient (Wildman–Crippen LogP) is 4.24. The summed E-state index contributed by atoms with van der Waals surface area (Å²) in [5.41, 5.74) is 3.81. The number of benzene rings is 1. The maximum Gasteiger partial charge on any atom is 0.0917 e. The van der Waals surface area contributed by atoms with Crippen LogP contribution in [-0.2, 0) is 0 Å². The first-order valence-corrected chi connectivity index (χ1v) is 9.77. The van der Waals surface area contributed by atoms with Crippen LogP contribution in [-0.4, -0.2) is 54.9 Å². The molecule has 1 aromatic rings. The third kappa shape index (κ3) is 5.65. The standard InChI is InChI=1S/C22H31N3/c1-2-3-13-24-14-16-25(17-15-24)19-23-22-12-8-7-11-21(22)18-20-9-5-4-6-10-20/h4-6,8-10,12,18H,2-3,7,11,13-17,19H2,1H3. The van der Waals surface area contributed by atoms with E-state index in [1.807, 2.05) is 0 Å². The van der Waals surface area contributed by atoms with Crippen molar-refractivity contribution in [1.82, 2.24) is 9.80 Å². The van der Waals surface area contributed by atoms with E-state index in [0.717, 1.165) is 32.6 Å². The zero-order chi connectivity index (χ0) is 17.3. The van der Waals surface area contributed by atoms with Gasteiger partial charge in [0.05, 0.1) is 12.4 Å². The van der Waals surface area contributed by atoms with Gasteiger partial charge in [-0.05, 0) is 49.1 Å². The summed E-state index contributed by atoms with van der Waals surface area (Å²) in [4.78, 5) is 10.0. The van der Waals surface area contributed by atoms with E-state index in [4.69, 9.17) is 4.99 Å².